The number of amides is 1. The predicted octanol–water partition coefficient (Wildman–Crippen LogP) is 2.14. The van der Waals surface area contributed by atoms with Gasteiger partial charge in [-0.15, -0.1) is 0 Å². The van der Waals surface area contributed by atoms with Gasteiger partial charge in [-0.3, -0.25) is 14.5 Å². The molecule has 1 amide bonds. The van der Waals surface area contributed by atoms with E-state index in [0.29, 0.717) is 5.69 Å². The van der Waals surface area contributed by atoms with Gasteiger partial charge in [0.05, 0.1) is 24.5 Å². The van der Waals surface area contributed by atoms with Crippen molar-refractivity contribution in [3.05, 3.63) is 60.3 Å². The maximum absolute atomic E-state index is 12.7. The van der Waals surface area contributed by atoms with Crippen molar-refractivity contribution < 1.29 is 17.9 Å². The zero-order valence-corrected chi connectivity index (χ0v) is 14.1. The normalized spacial score (nSPS) is 11.2. The summed E-state index contributed by atoms with van der Waals surface area (Å²) in [6, 6.07) is 13.0. The summed E-state index contributed by atoms with van der Waals surface area (Å²) in [4.78, 5) is 15.4. The topological polar surface area (TPSA) is 111 Å². The van der Waals surface area contributed by atoms with Crippen molar-refractivity contribution in [2.45, 2.75) is 4.90 Å². The molecule has 0 aliphatic carbocycles. The number of hydrogen-bond donors (Lipinski definition) is 2. The number of hydrogen-bond acceptors (Lipinski definition) is 5. The number of nitrogens with two attached hydrogens (primary N) is 1. The van der Waals surface area contributed by atoms with Gasteiger partial charge < -0.3 is 10.5 Å². The molecule has 3 N–H and O–H groups in total. The summed E-state index contributed by atoms with van der Waals surface area (Å²) in [6.07, 6.45) is 1.42. The zero-order valence-electron chi connectivity index (χ0n) is 13.3. The molecule has 0 spiro atoms. The largest absolute Gasteiger partial charge is 0.495 e. The van der Waals surface area contributed by atoms with Crippen molar-refractivity contribution in [3.63, 3.8) is 0 Å². The quantitative estimate of drug-likeness (QED) is 0.727. The van der Waals surface area contributed by atoms with Crippen LogP contribution in [0.4, 0.5) is 5.69 Å². The monoisotopic (exact) mass is 357 g/mol. The molecule has 2 aromatic carbocycles. The first-order valence-corrected chi connectivity index (χ1v) is 8.74. The number of nitrogens with one attached hydrogen (secondary N) is 1. The number of rotatable bonds is 5. The lowest BCUT2D eigenvalue weighted by atomic mass is 10.2. The van der Waals surface area contributed by atoms with Crippen LogP contribution in [0.1, 0.15) is 10.4 Å². The van der Waals surface area contributed by atoms with Gasteiger partial charge in [0.1, 0.15) is 10.6 Å². The standard InChI is InChI=1S/C17H15N3O4S/c1-24-15-7-6-12(17(18)21)9-16(15)25(22,23)20-13-8-11-4-2-3-5-14(11)19-10-13/h2-10,20H,1H3,(H2,18,21). The number of ether oxygens (including phenoxy) is 1. The molecule has 0 aliphatic heterocycles. The van der Waals surface area contributed by atoms with E-state index >= 15 is 0 Å². The van der Waals surface area contributed by atoms with Gasteiger partial charge in [-0.2, -0.15) is 0 Å². The van der Waals surface area contributed by atoms with Crippen LogP contribution in [-0.2, 0) is 10.0 Å². The average Bonchev–Trinajstić information content (AvgIpc) is 2.60. The van der Waals surface area contributed by atoms with E-state index in [4.69, 9.17) is 10.5 Å². The predicted molar refractivity (Wildman–Crippen MR) is 94.1 cm³/mol. The third-order valence-corrected chi connectivity index (χ3v) is 4.98. The second kappa shape index (κ2) is 6.40. The summed E-state index contributed by atoms with van der Waals surface area (Å²) in [5.74, 6) is -0.627. The lowest BCUT2D eigenvalue weighted by Gasteiger charge is -2.12. The number of fused-ring (bicyclic) bond motifs is 1. The summed E-state index contributed by atoms with van der Waals surface area (Å²) in [7, 11) is -2.66. The maximum atomic E-state index is 12.7. The number of nitrogens with zero attached hydrogens (tertiary/aromatic N) is 1. The first kappa shape index (κ1) is 16.7. The third kappa shape index (κ3) is 3.38. The molecule has 0 aliphatic rings. The minimum atomic E-state index is -4.00. The van der Waals surface area contributed by atoms with E-state index in [1.807, 2.05) is 24.3 Å². The van der Waals surface area contributed by atoms with Crippen molar-refractivity contribution >= 4 is 32.5 Å². The van der Waals surface area contributed by atoms with Crippen molar-refractivity contribution in [2.24, 2.45) is 5.73 Å². The molecule has 1 aromatic heterocycles. The van der Waals surface area contributed by atoms with Crippen LogP contribution in [-0.4, -0.2) is 26.4 Å². The molecule has 3 aromatic rings. The number of para-hydroxylation sites is 1. The van der Waals surface area contributed by atoms with E-state index in [1.54, 1.807) is 6.07 Å². The highest BCUT2D eigenvalue weighted by atomic mass is 32.2. The molecule has 8 heteroatoms. The van der Waals surface area contributed by atoms with E-state index in [0.717, 1.165) is 10.9 Å². The fourth-order valence-electron chi connectivity index (χ4n) is 2.38. The summed E-state index contributed by atoms with van der Waals surface area (Å²) in [5.41, 5.74) is 6.34. The van der Waals surface area contributed by atoms with Crippen LogP contribution in [0.3, 0.4) is 0 Å². The fourth-order valence-corrected chi connectivity index (χ4v) is 3.61. The molecule has 0 atom stereocenters. The van der Waals surface area contributed by atoms with E-state index < -0.39 is 15.9 Å². The van der Waals surface area contributed by atoms with E-state index in [1.165, 1.54) is 31.5 Å². The minimum Gasteiger partial charge on any atom is -0.495 e. The van der Waals surface area contributed by atoms with Gasteiger partial charge in [0.25, 0.3) is 10.0 Å². The second-order valence-electron chi connectivity index (χ2n) is 5.25. The van der Waals surface area contributed by atoms with Crippen molar-refractivity contribution in [3.8, 4) is 5.75 Å². The average molecular weight is 357 g/mol. The highest BCUT2D eigenvalue weighted by Crippen LogP contribution is 2.27. The maximum Gasteiger partial charge on any atom is 0.265 e. The van der Waals surface area contributed by atoms with Crippen LogP contribution < -0.4 is 15.2 Å². The van der Waals surface area contributed by atoms with Crippen molar-refractivity contribution in [2.75, 3.05) is 11.8 Å². The van der Waals surface area contributed by atoms with Gasteiger partial charge in [0, 0.05) is 10.9 Å². The summed E-state index contributed by atoms with van der Waals surface area (Å²) in [6.45, 7) is 0. The first-order valence-electron chi connectivity index (χ1n) is 7.26. The smallest absolute Gasteiger partial charge is 0.265 e. The summed E-state index contributed by atoms with van der Waals surface area (Å²) >= 11 is 0. The van der Waals surface area contributed by atoms with Crippen LogP contribution in [0.25, 0.3) is 10.9 Å². The number of aromatic nitrogens is 1. The van der Waals surface area contributed by atoms with Gasteiger partial charge in [0.15, 0.2) is 0 Å². The third-order valence-electron chi connectivity index (χ3n) is 3.58. The lowest BCUT2D eigenvalue weighted by Crippen LogP contribution is -2.17. The van der Waals surface area contributed by atoms with Gasteiger partial charge >= 0.3 is 0 Å². The lowest BCUT2D eigenvalue weighted by molar-refractivity contribution is 0.1000. The van der Waals surface area contributed by atoms with Gasteiger partial charge in [-0.1, -0.05) is 18.2 Å². The number of carbonyl (C=O) groups is 1. The molecule has 1 heterocycles. The molecule has 0 unspecified atom stereocenters. The Bertz CT molecular complexity index is 1060. The number of anilines is 1. The molecular weight excluding hydrogens is 342 g/mol. The fraction of sp³-hybridized carbons (Fsp3) is 0.0588. The SMILES string of the molecule is COc1ccc(C(N)=O)cc1S(=O)(=O)Nc1cnc2ccccc2c1. The van der Waals surface area contributed by atoms with Gasteiger partial charge in [-0.25, -0.2) is 8.42 Å². The molecule has 0 saturated heterocycles. The van der Waals surface area contributed by atoms with Crippen LogP contribution in [0.5, 0.6) is 5.75 Å². The Kier molecular flexibility index (Phi) is 4.28. The van der Waals surface area contributed by atoms with Crippen LogP contribution in [0.2, 0.25) is 0 Å². The summed E-state index contributed by atoms with van der Waals surface area (Å²) in [5, 5.41) is 0.792. The highest BCUT2D eigenvalue weighted by molar-refractivity contribution is 7.92. The van der Waals surface area contributed by atoms with Crippen LogP contribution in [0, 0.1) is 0 Å². The van der Waals surface area contributed by atoms with Crippen molar-refractivity contribution in [1.82, 2.24) is 4.98 Å². The Morgan fingerprint density at radius 1 is 1.16 bits per heavy atom. The number of sulfonamides is 1. The minimum absolute atomic E-state index is 0.0674. The number of pyridine rings is 1. The number of carbonyl (C=O) groups excluding carboxylic acids is 1. The van der Waals surface area contributed by atoms with Crippen LogP contribution >= 0.6 is 0 Å². The Morgan fingerprint density at radius 2 is 1.92 bits per heavy atom. The summed E-state index contributed by atoms with van der Waals surface area (Å²) < 4.78 is 33.0. The Balaban J connectivity index is 2.03. The molecule has 0 bridgehead atoms. The number of benzene rings is 2. The molecule has 25 heavy (non-hydrogen) atoms. The Labute approximate surface area is 144 Å². The molecule has 7 nitrogen and oxygen atoms in total. The molecular formula is C17H15N3O4S. The molecule has 3 rings (SSSR count). The van der Waals surface area contributed by atoms with Crippen molar-refractivity contribution in [1.29, 1.82) is 0 Å². The molecule has 0 fully saturated rings. The second-order valence-corrected chi connectivity index (χ2v) is 6.90. The number of primary amides is 1. The number of methoxy groups -OCH3 is 1. The Hall–Kier alpha value is -3.13. The Morgan fingerprint density at radius 3 is 2.64 bits per heavy atom. The van der Waals surface area contributed by atoms with Gasteiger partial charge in [-0.05, 0) is 30.3 Å². The first-order chi connectivity index (χ1) is 11.9. The highest BCUT2D eigenvalue weighted by Gasteiger charge is 2.21. The van der Waals surface area contributed by atoms with Gasteiger partial charge in [0.2, 0.25) is 5.91 Å². The molecule has 0 saturated carbocycles. The van der Waals surface area contributed by atoms with E-state index in [9.17, 15) is 13.2 Å². The molecule has 128 valence electrons. The zero-order chi connectivity index (χ0) is 18.0. The van der Waals surface area contributed by atoms with E-state index in [2.05, 4.69) is 9.71 Å². The van der Waals surface area contributed by atoms with Crippen LogP contribution in [0.15, 0.2) is 59.6 Å². The molecule has 0 radical (unpaired) electrons. The van der Waals surface area contributed by atoms with E-state index in [-0.39, 0.29) is 16.2 Å².